The van der Waals surface area contributed by atoms with Crippen molar-refractivity contribution in [2.24, 2.45) is 13.0 Å². The SMILES string of the molecule is CN1C[C@H]2C[C@@H]1[C@H](F)[C@@H]2Oc1nnc(-c2ccc(-c3ncn(C)c(=O)n3)cc2O)s1. The number of likely N-dealkylation sites (tertiary alicyclic amines) is 1. The van der Waals surface area contributed by atoms with Crippen LogP contribution in [0.5, 0.6) is 10.9 Å². The number of benzene rings is 1. The molecule has 3 aromatic rings. The quantitative estimate of drug-likeness (QED) is 0.664. The smallest absolute Gasteiger partial charge is 0.350 e. The summed E-state index contributed by atoms with van der Waals surface area (Å²) in [5.41, 5.74) is 0.521. The van der Waals surface area contributed by atoms with Crippen molar-refractivity contribution >= 4 is 11.3 Å². The number of aromatic nitrogens is 5. The summed E-state index contributed by atoms with van der Waals surface area (Å²) in [5, 5.41) is 19.3. The first-order chi connectivity index (χ1) is 14.4. The Hall–Kier alpha value is -2.92. The minimum Gasteiger partial charge on any atom is -0.507 e. The summed E-state index contributed by atoms with van der Waals surface area (Å²) < 4.78 is 21.7. The number of piperidine rings is 1. The molecule has 5 rings (SSSR count). The number of fused-ring (bicyclic) bond motifs is 2. The van der Waals surface area contributed by atoms with Crippen LogP contribution < -0.4 is 10.4 Å². The van der Waals surface area contributed by atoms with Crippen LogP contribution in [-0.4, -0.2) is 66.6 Å². The van der Waals surface area contributed by atoms with Crippen LogP contribution in [0.15, 0.2) is 29.3 Å². The topological polar surface area (TPSA) is 106 Å². The van der Waals surface area contributed by atoms with Crippen molar-refractivity contribution < 1.29 is 14.2 Å². The monoisotopic (exact) mass is 430 g/mol. The molecule has 1 aliphatic heterocycles. The number of ether oxygens (including phenoxy) is 1. The summed E-state index contributed by atoms with van der Waals surface area (Å²) in [6, 6.07) is 4.71. The first kappa shape index (κ1) is 19.1. The zero-order valence-corrected chi connectivity index (χ0v) is 17.1. The number of hydrogen-bond acceptors (Lipinski definition) is 9. The largest absolute Gasteiger partial charge is 0.507 e. The molecule has 0 radical (unpaired) electrons. The van der Waals surface area contributed by atoms with Crippen molar-refractivity contribution in [2.75, 3.05) is 13.6 Å². The lowest BCUT2D eigenvalue weighted by Gasteiger charge is -2.31. The highest BCUT2D eigenvalue weighted by atomic mass is 32.1. The Morgan fingerprint density at radius 2 is 2.13 bits per heavy atom. The van der Waals surface area contributed by atoms with Gasteiger partial charge in [0.1, 0.15) is 18.2 Å². The van der Waals surface area contributed by atoms with Crippen LogP contribution in [-0.2, 0) is 7.05 Å². The van der Waals surface area contributed by atoms with E-state index in [1.165, 1.54) is 17.0 Å². The molecule has 30 heavy (non-hydrogen) atoms. The standard InChI is InChI=1S/C19H19FN6O3S/c1-25-7-10-5-12(25)14(20)15(10)29-19-24-23-17(30-19)11-4-3-9(6-13(11)27)16-21-8-26(2)18(28)22-16/h3-4,6,8,10,12,14-15,27H,5,7H2,1-2H3/t10-,12-,14+,15-/m1/s1. The van der Waals surface area contributed by atoms with Crippen LogP contribution >= 0.6 is 11.3 Å². The average Bonchev–Trinajstić information content (AvgIpc) is 3.41. The first-order valence-electron chi connectivity index (χ1n) is 9.48. The number of phenolic OH excluding ortho intramolecular Hbond substituents is 1. The van der Waals surface area contributed by atoms with Crippen LogP contribution in [0.3, 0.4) is 0 Å². The molecule has 2 fully saturated rings. The zero-order chi connectivity index (χ0) is 21.0. The van der Waals surface area contributed by atoms with Crippen molar-refractivity contribution in [2.45, 2.75) is 24.7 Å². The predicted octanol–water partition coefficient (Wildman–Crippen LogP) is 1.49. The number of hydrogen-bond donors (Lipinski definition) is 1. The Morgan fingerprint density at radius 1 is 1.30 bits per heavy atom. The third kappa shape index (κ3) is 3.14. The van der Waals surface area contributed by atoms with E-state index in [2.05, 4.69) is 20.2 Å². The number of rotatable bonds is 4. The molecule has 2 aromatic heterocycles. The van der Waals surface area contributed by atoms with Crippen LogP contribution in [0, 0.1) is 5.92 Å². The van der Waals surface area contributed by atoms with Crippen molar-refractivity contribution in [3.63, 3.8) is 0 Å². The normalized spacial score (nSPS) is 25.7. The summed E-state index contributed by atoms with van der Waals surface area (Å²) in [4.78, 5) is 21.7. The molecule has 0 unspecified atom stereocenters. The van der Waals surface area contributed by atoms with E-state index in [0.29, 0.717) is 16.1 Å². The van der Waals surface area contributed by atoms with E-state index in [-0.39, 0.29) is 28.7 Å². The van der Waals surface area contributed by atoms with Crippen molar-refractivity contribution in [1.29, 1.82) is 0 Å². The zero-order valence-electron chi connectivity index (χ0n) is 16.3. The second kappa shape index (κ2) is 7.10. The maximum absolute atomic E-state index is 14.6. The number of alkyl halides is 1. The van der Waals surface area contributed by atoms with Gasteiger partial charge in [0.25, 0.3) is 5.19 Å². The summed E-state index contributed by atoms with van der Waals surface area (Å²) >= 11 is 1.15. The van der Waals surface area contributed by atoms with Crippen molar-refractivity contribution in [1.82, 2.24) is 29.6 Å². The molecular weight excluding hydrogens is 411 g/mol. The second-order valence-corrected chi connectivity index (χ2v) is 8.65. The minimum absolute atomic E-state index is 0.0515. The summed E-state index contributed by atoms with van der Waals surface area (Å²) in [7, 11) is 3.49. The summed E-state index contributed by atoms with van der Waals surface area (Å²) in [6.45, 7) is 0.814. The molecule has 9 nitrogen and oxygen atoms in total. The number of halogens is 1. The van der Waals surface area contributed by atoms with E-state index in [0.717, 1.165) is 24.3 Å². The van der Waals surface area contributed by atoms with E-state index in [4.69, 9.17) is 4.74 Å². The van der Waals surface area contributed by atoms with Gasteiger partial charge in [0.15, 0.2) is 17.0 Å². The fraction of sp³-hybridized carbons (Fsp3) is 0.421. The van der Waals surface area contributed by atoms with Gasteiger partial charge in [-0.05, 0) is 25.6 Å². The number of aromatic hydroxyl groups is 1. The molecule has 0 spiro atoms. The van der Waals surface area contributed by atoms with Gasteiger partial charge in [-0.2, -0.15) is 4.98 Å². The highest BCUT2D eigenvalue weighted by molar-refractivity contribution is 7.16. The van der Waals surface area contributed by atoms with E-state index in [1.54, 1.807) is 19.2 Å². The Kier molecular flexibility index (Phi) is 4.51. The molecule has 156 valence electrons. The lowest BCUT2D eigenvalue weighted by atomic mass is 10.1. The van der Waals surface area contributed by atoms with Gasteiger partial charge in [-0.25, -0.2) is 14.2 Å². The van der Waals surface area contributed by atoms with Crippen molar-refractivity contribution in [3.8, 4) is 32.9 Å². The summed E-state index contributed by atoms with van der Waals surface area (Å²) in [6.07, 6.45) is 0.601. The maximum atomic E-state index is 14.6. The van der Waals surface area contributed by atoms with Crippen LogP contribution in [0.1, 0.15) is 6.42 Å². The molecule has 3 heterocycles. The molecule has 1 aromatic carbocycles. The molecule has 2 aliphatic rings. The highest BCUT2D eigenvalue weighted by Gasteiger charge is 2.53. The molecule has 2 bridgehead atoms. The van der Waals surface area contributed by atoms with Crippen LogP contribution in [0.25, 0.3) is 22.0 Å². The lowest BCUT2D eigenvalue weighted by Crippen LogP contribution is -2.46. The first-order valence-corrected chi connectivity index (χ1v) is 10.3. The Bertz CT molecular complexity index is 1170. The van der Waals surface area contributed by atoms with Crippen LogP contribution in [0.4, 0.5) is 4.39 Å². The van der Waals surface area contributed by atoms with Crippen molar-refractivity contribution in [3.05, 3.63) is 35.0 Å². The number of aryl methyl sites for hydroxylation is 1. The molecule has 1 saturated heterocycles. The molecule has 4 atom stereocenters. The maximum Gasteiger partial charge on any atom is 0.350 e. The minimum atomic E-state index is -1.05. The van der Waals surface area contributed by atoms with Gasteiger partial charge in [0.05, 0.1) is 5.56 Å². The molecule has 0 amide bonds. The van der Waals surface area contributed by atoms with E-state index in [1.807, 2.05) is 11.9 Å². The van der Waals surface area contributed by atoms with Gasteiger partial charge < -0.3 is 9.84 Å². The molecule has 1 aliphatic carbocycles. The van der Waals surface area contributed by atoms with E-state index < -0.39 is 18.0 Å². The number of nitrogens with zero attached hydrogens (tertiary/aromatic N) is 6. The van der Waals surface area contributed by atoms with Gasteiger partial charge in [-0.1, -0.05) is 22.5 Å². The lowest BCUT2D eigenvalue weighted by molar-refractivity contribution is 0.0246. The molecule has 1 saturated carbocycles. The fourth-order valence-electron chi connectivity index (χ4n) is 4.18. The second-order valence-electron chi connectivity index (χ2n) is 7.71. The van der Waals surface area contributed by atoms with Gasteiger partial charge >= 0.3 is 5.69 Å². The number of phenols is 1. The third-order valence-corrected chi connectivity index (χ3v) is 6.61. The third-order valence-electron chi connectivity index (χ3n) is 5.77. The van der Waals surface area contributed by atoms with Gasteiger partial charge in [0.2, 0.25) is 0 Å². The molecule has 1 N–H and O–H groups in total. The Balaban J connectivity index is 1.36. The van der Waals surface area contributed by atoms with Gasteiger partial charge in [-0.15, -0.1) is 5.10 Å². The van der Waals surface area contributed by atoms with Gasteiger partial charge in [-0.3, -0.25) is 9.47 Å². The predicted molar refractivity (Wildman–Crippen MR) is 107 cm³/mol. The van der Waals surface area contributed by atoms with Crippen LogP contribution in [0.2, 0.25) is 0 Å². The molecular formula is C19H19FN6O3S. The highest BCUT2D eigenvalue weighted by Crippen LogP contribution is 2.42. The fourth-order valence-corrected chi connectivity index (χ4v) is 4.95. The van der Waals surface area contributed by atoms with E-state index >= 15 is 0 Å². The van der Waals surface area contributed by atoms with Gasteiger partial charge in [0, 0.05) is 31.1 Å². The average molecular weight is 430 g/mol. The van der Waals surface area contributed by atoms with E-state index in [9.17, 15) is 14.3 Å². The Morgan fingerprint density at radius 3 is 2.83 bits per heavy atom. The Labute approximate surface area is 174 Å². The molecule has 11 heteroatoms. The summed E-state index contributed by atoms with van der Waals surface area (Å²) in [5.74, 6) is 0.314.